The summed E-state index contributed by atoms with van der Waals surface area (Å²) in [6.45, 7) is 3.92. The van der Waals surface area contributed by atoms with E-state index in [1.165, 1.54) is 18.3 Å². The van der Waals surface area contributed by atoms with Gasteiger partial charge in [0.25, 0.3) is 0 Å². The molecule has 1 rings (SSSR count). The normalized spacial score (nSPS) is 11.6. The van der Waals surface area contributed by atoms with Crippen LogP contribution in [0.4, 0.5) is 11.5 Å². The summed E-state index contributed by atoms with van der Waals surface area (Å²) in [7, 11) is 0. The molecule has 2 N–H and O–H groups in total. The van der Waals surface area contributed by atoms with Crippen molar-refractivity contribution >= 4 is 17.4 Å². The van der Waals surface area contributed by atoms with Crippen molar-refractivity contribution in [3.63, 3.8) is 0 Å². The highest BCUT2D eigenvalue weighted by Crippen LogP contribution is 2.20. The smallest absolute Gasteiger partial charge is 0.311 e. The van der Waals surface area contributed by atoms with Crippen molar-refractivity contribution in [1.82, 2.24) is 10.3 Å². The van der Waals surface area contributed by atoms with Crippen LogP contribution in [0.3, 0.4) is 0 Å². The first-order chi connectivity index (χ1) is 8.06. The molecular weight excluding hydrogens is 224 g/mol. The summed E-state index contributed by atoms with van der Waals surface area (Å²) in [6, 6.07) is 2.23. The Morgan fingerprint density at radius 1 is 1.65 bits per heavy atom. The summed E-state index contributed by atoms with van der Waals surface area (Å²) in [5.41, 5.74) is -0.149. The fourth-order valence-corrected chi connectivity index (χ4v) is 1.25. The van der Waals surface area contributed by atoms with Crippen molar-refractivity contribution in [3.05, 3.63) is 28.4 Å². The van der Waals surface area contributed by atoms with E-state index in [0.717, 1.165) is 0 Å². The van der Waals surface area contributed by atoms with E-state index in [1.54, 1.807) is 13.8 Å². The van der Waals surface area contributed by atoms with Gasteiger partial charge in [-0.25, -0.2) is 4.98 Å². The van der Waals surface area contributed by atoms with E-state index >= 15 is 0 Å². The van der Waals surface area contributed by atoms with Crippen molar-refractivity contribution < 1.29 is 9.72 Å². The molecule has 0 fully saturated rings. The summed E-state index contributed by atoms with van der Waals surface area (Å²) in [4.78, 5) is 25.5. The zero-order valence-electron chi connectivity index (χ0n) is 9.64. The number of aromatic nitrogens is 1. The number of amides is 1. The highest BCUT2D eigenvalue weighted by Gasteiger charge is 2.19. The van der Waals surface area contributed by atoms with Crippen LogP contribution in [0.2, 0.25) is 0 Å². The van der Waals surface area contributed by atoms with E-state index in [-0.39, 0.29) is 17.4 Å². The van der Waals surface area contributed by atoms with E-state index in [0.29, 0.717) is 6.54 Å². The molecule has 0 aliphatic rings. The van der Waals surface area contributed by atoms with Crippen LogP contribution in [0, 0.1) is 10.1 Å². The number of carbonyl (C=O) groups is 1. The number of nitro groups is 1. The number of nitrogens with one attached hydrogen (secondary N) is 2. The van der Waals surface area contributed by atoms with E-state index in [1.807, 2.05) is 0 Å². The van der Waals surface area contributed by atoms with Gasteiger partial charge in [-0.2, -0.15) is 0 Å². The minimum atomic E-state index is -0.580. The number of hydrogen-bond acceptors (Lipinski definition) is 5. The largest absolute Gasteiger partial charge is 0.355 e. The van der Waals surface area contributed by atoms with Gasteiger partial charge < -0.3 is 10.6 Å². The summed E-state index contributed by atoms with van der Waals surface area (Å²) < 4.78 is 0. The number of pyridine rings is 1. The molecule has 1 amide bonds. The van der Waals surface area contributed by atoms with Crippen molar-refractivity contribution in [2.45, 2.75) is 19.9 Å². The molecule has 0 saturated carbocycles. The Balaban J connectivity index is 2.81. The maximum absolute atomic E-state index is 11.5. The lowest BCUT2D eigenvalue weighted by atomic mass is 10.3. The third-order valence-corrected chi connectivity index (χ3v) is 2.08. The van der Waals surface area contributed by atoms with E-state index in [2.05, 4.69) is 15.6 Å². The quantitative estimate of drug-likeness (QED) is 0.587. The van der Waals surface area contributed by atoms with Crippen molar-refractivity contribution in [3.8, 4) is 0 Å². The lowest BCUT2D eigenvalue weighted by Crippen LogP contribution is -2.37. The van der Waals surface area contributed by atoms with Gasteiger partial charge in [0.05, 0.1) is 4.92 Å². The molecule has 17 heavy (non-hydrogen) atoms. The Kier molecular flexibility index (Phi) is 4.38. The number of hydrogen-bond donors (Lipinski definition) is 2. The summed E-state index contributed by atoms with van der Waals surface area (Å²) in [5.74, 6) is -0.135. The molecule has 92 valence electrons. The Morgan fingerprint density at radius 2 is 2.35 bits per heavy atom. The van der Waals surface area contributed by atoms with Crippen molar-refractivity contribution in [2.75, 3.05) is 11.9 Å². The molecule has 0 aliphatic carbocycles. The number of carbonyl (C=O) groups excluding carboxylic acids is 1. The first-order valence-corrected chi connectivity index (χ1v) is 5.20. The van der Waals surface area contributed by atoms with Crippen LogP contribution >= 0.6 is 0 Å². The average Bonchev–Trinajstić information content (AvgIpc) is 2.29. The van der Waals surface area contributed by atoms with Crippen LogP contribution in [-0.2, 0) is 4.79 Å². The van der Waals surface area contributed by atoms with Gasteiger partial charge in [-0.15, -0.1) is 0 Å². The van der Waals surface area contributed by atoms with Gasteiger partial charge in [-0.3, -0.25) is 14.9 Å². The van der Waals surface area contributed by atoms with Crippen LogP contribution in [0.5, 0.6) is 0 Å². The van der Waals surface area contributed by atoms with Crippen LogP contribution < -0.4 is 10.6 Å². The SMILES string of the molecule is CCNC(=O)C(C)Nc1ncccc1[N+](=O)[O-]. The summed E-state index contributed by atoms with van der Waals surface area (Å²) in [6.07, 6.45) is 1.43. The Hall–Kier alpha value is -2.18. The lowest BCUT2D eigenvalue weighted by molar-refractivity contribution is -0.384. The fourth-order valence-electron chi connectivity index (χ4n) is 1.25. The molecule has 1 atom stereocenters. The lowest BCUT2D eigenvalue weighted by Gasteiger charge is -2.13. The van der Waals surface area contributed by atoms with Gasteiger partial charge in [0.2, 0.25) is 11.7 Å². The van der Waals surface area contributed by atoms with E-state index < -0.39 is 11.0 Å². The first kappa shape index (κ1) is 12.9. The van der Waals surface area contributed by atoms with Gasteiger partial charge in [-0.05, 0) is 19.9 Å². The molecule has 0 aliphatic heterocycles. The summed E-state index contributed by atoms with van der Waals surface area (Å²) >= 11 is 0. The Morgan fingerprint density at radius 3 is 2.94 bits per heavy atom. The van der Waals surface area contributed by atoms with E-state index in [4.69, 9.17) is 0 Å². The number of rotatable bonds is 5. The fraction of sp³-hybridized carbons (Fsp3) is 0.400. The summed E-state index contributed by atoms with van der Waals surface area (Å²) in [5, 5.41) is 16.1. The molecule has 1 aromatic heterocycles. The molecule has 7 heteroatoms. The molecule has 0 bridgehead atoms. The average molecular weight is 238 g/mol. The Bertz CT molecular complexity index is 422. The van der Waals surface area contributed by atoms with E-state index in [9.17, 15) is 14.9 Å². The Labute approximate surface area is 98.4 Å². The highest BCUT2D eigenvalue weighted by atomic mass is 16.6. The highest BCUT2D eigenvalue weighted by molar-refractivity contribution is 5.84. The van der Waals surface area contributed by atoms with Crippen LogP contribution in [0.25, 0.3) is 0 Å². The van der Waals surface area contributed by atoms with Gasteiger partial charge >= 0.3 is 5.69 Å². The minimum Gasteiger partial charge on any atom is -0.355 e. The molecule has 1 aromatic rings. The third-order valence-electron chi connectivity index (χ3n) is 2.08. The zero-order valence-corrected chi connectivity index (χ0v) is 9.64. The molecule has 0 spiro atoms. The first-order valence-electron chi connectivity index (χ1n) is 5.20. The van der Waals surface area contributed by atoms with Gasteiger partial charge in [0.1, 0.15) is 6.04 Å². The predicted molar refractivity (Wildman–Crippen MR) is 62.7 cm³/mol. The maximum atomic E-state index is 11.5. The molecule has 1 heterocycles. The minimum absolute atomic E-state index is 0.0938. The van der Waals surface area contributed by atoms with Gasteiger partial charge in [0.15, 0.2) is 0 Å². The number of anilines is 1. The molecular formula is C10H14N4O3. The molecule has 0 aromatic carbocycles. The third kappa shape index (κ3) is 3.40. The van der Waals surface area contributed by atoms with Gasteiger partial charge in [0, 0.05) is 18.8 Å². The number of likely N-dealkylation sites (N-methyl/N-ethyl adjacent to an activating group) is 1. The van der Waals surface area contributed by atoms with Crippen LogP contribution in [0.1, 0.15) is 13.8 Å². The molecule has 7 nitrogen and oxygen atoms in total. The topological polar surface area (TPSA) is 97.2 Å². The molecule has 1 unspecified atom stereocenters. The molecule has 0 saturated heterocycles. The van der Waals surface area contributed by atoms with Crippen LogP contribution in [-0.4, -0.2) is 28.4 Å². The monoisotopic (exact) mass is 238 g/mol. The second kappa shape index (κ2) is 5.78. The zero-order chi connectivity index (χ0) is 12.8. The standard InChI is InChI=1S/C10H14N4O3/c1-3-11-10(15)7(2)13-9-8(14(16)17)5-4-6-12-9/h4-7H,3H2,1-2H3,(H,11,15)(H,12,13). The number of nitrogens with zero attached hydrogens (tertiary/aromatic N) is 2. The second-order valence-corrected chi connectivity index (χ2v) is 3.39. The van der Waals surface area contributed by atoms with Crippen molar-refractivity contribution in [1.29, 1.82) is 0 Å². The predicted octanol–water partition coefficient (Wildman–Crippen LogP) is 0.926. The van der Waals surface area contributed by atoms with Crippen LogP contribution in [0.15, 0.2) is 18.3 Å². The van der Waals surface area contributed by atoms with Gasteiger partial charge in [-0.1, -0.05) is 0 Å². The molecule has 0 radical (unpaired) electrons. The second-order valence-electron chi connectivity index (χ2n) is 3.39. The van der Waals surface area contributed by atoms with Crippen molar-refractivity contribution in [2.24, 2.45) is 0 Å². The maximum Gasteiger partial charge on any atom is 0.311 e.